The van der Waals surface area contributed by atoms with Crippen molar-refractivity contribution >= 4 is 40.4 Å². The van der Waals surface area contributed by atoms with E-state index in [4.69, 9.17) is 0 Å². The molecule has 0 saturated carbocycles. The average molecular weight is 357 g/mol. The van der Waals surface area contributed by atoms with Crippen molar-refractivity contribution in [3.63, 3.8) is 0 Å². The van der Waals surface area contributed by atoms with Crippen LogP contribution in [0.4, 0.5) is 0 Å². The van der Waals surface area contributed by atoms with E-state index in [2.05, 4.69) is 33.9 Å². The minimum absolute atomic E-state index is 0.115. The molecule has 4 nitrogen and oxygen atoms in total. The molecular weight excluding hydrogens is 340 g/mol. The molecule has 0 atom stereocenters. The third-order valence-corrected chi connectivity index (χ3v) is 4.15. The van der Waals surface area contributed by atoms with Crippen molar-refractivity contribution in [1.82, 2.24) is 10.2 Å². The second kappa shape index (κ2) is 7.13. The molecule has 0 radical (unpaired) electrons. The third kappa shape index (κ3) is 3.99. The van der Waals surface area contributed by atoms with Crippen LogP contribution in [0.1, 0.15) is 29.6 Å². The van der Waals surface area contributed by atoms with Crippen LogP contribution in [0.25, 0.3) is 0 Å². The van der Waals surface area contributed by atoms with Gasteiger partial charge >= 0.3 is 0 Å². The van der Waals surface area contributed by atoms with Crippen molar-refractivity contribution in [3.05, 3.63) is 28.2 Å². The Morgan fingerprint density at radius 1 is 1.30 bits per heavy atom. The maximum Gasteiger partial charge on any atom is 0.252 e. The molecule has 1 N–H and O–H groups in total. The molecule has 1 heterocycles. The molecule has 20 heavy (non-hydrogen) atoms. The van der Waals surface area contributed by atoms with Gasteiger partial charge in [-0.2, -0.15) is 0 Å². The number of carbonyl (C=O) groups excluding carboxylic acids is 2. The number of nitrogens with one attached hydrogen (secondary N) is 1. The predicted molar refractivity (Wildman–Crippen MR) is 84.2 cm³/mol. The Labute approximate surface area is 132 Å². The van der Waals surface area contributed by atoms with Gasteiger partial charge in [0.25, 0.3) is 5.91 Å². The highest BCUT2D eigenvalue weighted by Gasteiger charge is 2.17. The highest BCUT2D eigenvalue weighted by molar-refractivity contribution is 9.10. The molecule has 0 bridgehead atoms. The monoisotopic (exact) mass is 356 g/mol. The molecule has 1 fully saturated rings. The van der Waals surface area contributed by atoms with Crippen molar-refractivity contribution in [2.24, 2.45) is 0 Å². The maximum absolute atomic E-state index is 12.0. The fourth-order valence-electron chi connectivity index (χ4n) is 2.20. The van der Waals surface area contributed by atoms with Crippen LogP contribution in [-0.4, -0.2) is 36.3 Å². The number of rotatable bonds is 4. The summed E-state index contributed by atoms with van der Waals surface area (Å²) in [6, 6.07) is 5.28. The van der Waals surface area contributed by atoms with Crippen molar-refractivity contribution in [3.8, 4) is 0 Å². The van der Waals surface area contributed by atoms with E-state index in [-0.39, 0.29) is 11.8 Å². The first-order valence-corrected chi connectivity index (χ1v) is 7.86. The molecule has 0 unspecified atom stereocenters. The van der Waals surface area contributed by atoms with Crippen LogP contribution < -0.4 is 5.32 Å². The largest absolute Gasteiger partial charge is 0.351 e. The molecule has 0 spiro atoms. The van der Waals surface area contributed by atoms with Gasteiger partial charge in [0.1, 0.15) is 0 Å². The van der Waals surface area contributed by atoms with Crippen LogP contribution in [0.5, 0.6) is 0 Å². The zero-order valence-corrected chi connectivity index (χ0v) is 13.5. The molecule has 1 aliphatic rings. The van der Waals surface area contributed by atoms with Gasteiger partial charge in [0.05, 0.1) is 5.56 Å². The van der Waals surface area contributed by atoms with E-state index >= 15 is 0 Å². The summed E-state index contributed by atoms with van der Waals surface area (Å²) in [6.07, 6.45) is 2.52. The van der Waals surface area contributed by atoms with Gasteiger partial charge in [-0.05, 0) is 31.0 Å². The van der Waals surface area contributed by atoms with Gasteiger partial charge in [0.2, 0.25) is 5.91 Å². The molecule has 1 saturated heterocycles. The minimum atomic E-state index is -0.197. The molecular formula is C14H17BrN2O2S. The number of hydrogen-bond donors (Lipinski definition) is 2. The minimum Gasteiger partial charge on any atom is -0.351 e. The lowest BCUT2D eigenvalue weighted by Crippen LogP contribution is -2.32. The average Bonchev–Trinajstić information content (AvgIpc) is 2.92. The number of halogens is 1. The molecule has 108 valence electrons. The Morgan fingerprint density at radius 3 is 2.65 bits per heavy atom. The van der Waals surface area contributed by atoms with E-state index in [0.717, 1.165) is 30.4 Å². The van der Waals surface area contributed by atoms with E-state index in [0.29, 0.717) is 23.4 Å². The standard InChI is InChI=1S/C14H17BrN2O2S/c15-10-3-4-11(12(20)9-10)14(19)16-6-5-13(18)17-7-1-2-8-17/h3-4,9,20H,1-2,5-8H2,(H,16,19). The Morgan fingerprint density at radius 2 is 2.00 bits per heavy atom. The smallest absolute Gasteiger partial charge is 0.252 e. The van der Waals surface area contributed by atoms with Crippen LogP contribution >= 0.6 is 28.6 Å². The zero-order chi connectivity index (χ0) is 14.5. The predicted octanol–water partition coefficient (Wildman–Crippen LogP) is 2.48. The molecule has 6 heteroatoms. The topological polar surface area (TPSA) is 49.4 Å². The first-order chi connectivity index (χ1) is 9.58. The van der Waals surface area contributed by atoms with E-state index in [1.54, 1.807) is 18.2 Å². The highest BCUT2D eigenvalue weighted by atomic mass is 79.9. The zero-order valence-electron chi connectivity index (χ0n) is 11.1. The van der Waals surface area contributed by atoms with Crippen molar-refractivity contribution in [2.45, 2.75) is 24.2 Å². The van der Waals surface area contributed by atoms with E-state index in [1.165, 1.54) is 0 Å². The van der Waals surface area contributed by atoms with Gasteiger partial charge in [0.15, 0.2) is 0 Å². The van der Waals surface area contributed by atoms with Gasteiger partial charge in [-0.15, -0.1) is 12.6 Å². The number of hydrogen-bond acceptors (Lipinski definition) is 3. The number of nitrogens with zero attached hydrogens (tertiary/aromatic N) is 1. The molecule has 2 rings (SSSR count). The number of amides is 2. The maximum atomic E-state index is 12.0. The molecule has 1 aromatic rings. The van der Waals surface area contributed by atoms with Gasteiger partial charge in [-0.3, -0.25) is 9.59 Å². The number of benzene rings is 1. The Bertz CT molecular complexity index is 516. The van der Waals surface area contributed by atoms with Gasteiger partial charge in [-0.25, -0.2) is 0 Å². The van der Waals surface area contributed by atoms with Crippen LogP contribution in [0.3, 0.4) is 0 Å². The summed E-state index contributed by atoms with van der Waals surface area (Å²) < 4.78 is 0.878. The summed E-state index contributed by atoms with van der Waals surface area (Å²) in [6.45, 7) is 2.05. The lowest BCUT2D eigenvalue weighted by atomic mass is 10.2. The third-order valence-electron chi connectivity index (χ3n) is 3.29. The second-order valence-corrected chi connectivity index (χ2v) is 6.15. The van der Waals surface area contributed by atoms with Gasteiger partial charge < -0.3 is 10.2 Å². The first-order valence-electron chi connectivity index (χ1n) is 6.62. The highest BCUT2D eigenvalue weighted by Crippen LogP contribution is 2.19. The van der Waals surface area contributed by atoms with Gasteiger partial charge in [-0.1, -0.05) is 15.9 Å². The number of likely N-dealkylation sites (tertiary alicyclic amines) is 1. The molecule has 0 aromatic heterocycles. The van der Waals surface area contributed by atoms with Crippen LogP contribution in [0.2, 0.25) is 0 Å². The van der Waals surface area contributed by atoms with E-state index in [9.17, 15) is 9.59 Å². The van der Waals surface area contributed by atoms with Crippen molar-refractivity contribution in [1.29, 1.82) is 0 Å². The number of carbonyl (C=O) groups is 2. The Kier molecular flexibility index (Phi) is 5.48. The van der Waals surface area contributed by atoms with E-state index < -0.39 is 0 Å². The summed E-state index contributed by atoms with van der Waals surface area (Å²) in [7, 11) is 0. The molecule has 0 aliphatic carbocycles. The first kappa shape index (κ1) is 15.4. The Balaban J connectivity index is 1.81. The summed E-state index contributed by atoms with van der Waals surface area (Å²) in [5.74, 6) is -0.0820. The fourth-order valence-corrected chi connectivity index (χ4v) is 3.05. The van der Waals surface area contributed by atoms with E-state index in [1.807, 2.05) is 4.90 Å². The van der Waals surface area contributed by atoms with Gasteiger partial charge in [0, 0.05) is 35.4 Å². The summed E-state index contributed by atoms with van der Waals surface area (Å²) in [5, 5.41) is 2.76. The summed E-state index contributed by atoms with van der Waals surface area (Å²) in [5.41, 5.74) is 0.519. The quantitative estimate of drug-likeness (QED) is 0.814. The fraction of sp³-hybridized carbons (Fsp3) is 0.429. The van der Waals surface area contributed by atoms with Crippen LogP contribution in [0.15, 0.2) is 27.6 Å². The Hall–Kier alpha value is -1.01. The molecule has 1 aromatic carbocycles. The molecule has 1 aliphatic heterocycles. The molecule has 2 amide bonds. The summed E-state index contributed by atoms with van der Waals surface area (Å²) >= 11 is 7.60. The SMILES string of the molecule is O=C(NCCC(=O)N1CCCC1)c1ccc(Br)cc1S. The lowest BCUT2D eigenvalue weighted by molar-refractivity contribution is -0.129. The van der Waals surface area contributed by atoms with Crippen LogP contribution in [-0.2, 0) is 4.79 Å². The van der Waals surface area contributed by atoms with Crippen LogP contribution in [0, 0.1) is 0 Å². The lowest BCUT2D eigenvalue weighted by Gasteiger charge is -2.15. The second-order valence-electron chi connectivity index (χ2n) is 4.76. The van der Waals surface area contributed by atoms with Crippen molar-refractivity contribution < 1.29 is 9.59 Å². The number of thiol groups is 1. The normalized spacial score (nSPS) is 14.4. The van der Waals surface area contributed by atoms with Crippen molar-refractivity contribution in [2.75, 3.05) is 19.6 Å². The summed E-state index contributed by atoms with van der Waals surface area (Å²) in [4.78, 5) is 26.3.